The first-order chi connectivity index (χ1) is 14.4. The number of nitrogens with zero attached hydrogens (tertiary/aromatic N) is 3. The summed E-state index contributed by atoms with van der Waals surface area (Å²) in [5, 5.41) is 18.0. The van der Waals surface area contributed by atoms with Gasteiger partial charge < -0.3 is 20.1 Å². The van der Waals surface area contributed by atoms with Gasteiger partial charge in [0.25, 0.3) is 5.91 Å². The van der Waals surface area contributed by atoms with Crippen LogP contribution in [0.2, 0.25) is 0 Å². The highest BCUT2D eigenvalue weighted by Crippen LogP contribution is 2.37. The number of para-hydroxylation sites is 2. The third kappa shape index (κ3) is 4.37. The van der Waals surface area contributed by atoms with Crippen molar-refractivity contribution >= 4 is 5.91 Å². The van der Waals surface area contributed by atoms with Crippen LogP contribution in [0.25, 0.3) is 5.69 Å². The summed E-state index contributed by atoms with van der Waals surface area (Å²) in [7, 11) is 1.61. The van der Waals surface area contributed by atoms with Gasteiger partial charge in [0.15, 0.2) is 0 Å². The molecule has 0 bridgehead atoms. The van der Waals surface area contributed by atoms with Crippen molar-refractivity contribution in [3.8, 4) is 11.4 Å². The fraction of sp³-hybridized carbons (Fsp3) is 0.565. The molecule has 4 atom stereocenters. The number of amides is 1. The molecule has 2 aromatic rings. The van der Waals surface area contributed by atoms with Gasteiger partial charge in [-0.25, -0.2) is 4.68 Å². The fourth-order valence-electron chi connectivity index (χ4n) is 4.99. The maximum absolute atomic E-state index is 12.8. The van der Waals surface area contributed by atoms with E-state index in [9.17, 15) is 9.90 Å². The topological polar surface area (TPSA) is 79.6 Å². The van der Waals surface area contributed by atoms with E-state index in [0.717, 1.165) is 38.2 Å². The minimum atomic E-state index is -0.501. The number of rotatable bonds is 6. The molecule has 2 aliphatic rings. The first kappa shape index (κ1) is 20.9. The second-order valence-electron chi connectivity index (χ2n) is 9.10. The van der Waals surface area contributed by atoms with Gasteiger partial charge in [0, 0.05) is 25.8 Å². The Morgan fingerprint density at radius 2 is 2.00 bits per heavy atom. The summed E-state index contributed by atoms with van der Waals surface area (Å²) >= 11 is 0. The number of aromatic nitrogens is 2. The van der Waals surface area contributed by atoms with Crippen molar-refractivity contribution in [1.82, 2.24) is 20.0 Å². The SMILES string of the molecule is COc1ccccc1-n1cc(C(=O)N[C@H]2C[C@H]3CN(CC(C)C)C[C@H]3C[C@@H]2O)cn1. The minimum Gasteiger partial charge on any atom is -0.494 e. The van der Waals surface area contributed by atoms with Crippen molar-refractivity contribution in [2.45, 2.75) is 38.8 Å². The number of aliphatic hydroxyl groups is 1. The lowest BCUT2D eigenvalue weighted by molar-refractivity contribution is 0.0461. The van der Waals surface area contributed by atoms with Crippen LogP contribution in [0.15, 0.2) is 36.7 Å². The van der Waals surface area contributed by atoms with E-state index >= 15 is 0 Å². The Morgan fingerprint density at radius 1 is 1.27 bits per heavy atom. The van der Waals surface area contributed by atoms with Crippen LogP contribution in [0.3, 0.4) is 0 Å². The molecule has 1 aliphatic carbocycles. The molecule has 0 radical (unpaired) electrons. The van der Waals surface area contributed by atoms with Crippen LogP contribution in [-0.2, 0) is 0 Å². The predicted octanol–water partition coefficient (Wildman–Crippen LogP) is 2.34. The Balaban J connectivity index is 1.40. The van der Waals surface area contributed by atoms with E-state index in [2.05, 4.69) is 29.2 Å². The standard InChI is InChI=1S/C23H32N4O3/c1-15(2)11-26-12-16-8-19(21(28)9-17(16)13-26)25-23(29)18-10-24-27(14-18)20-6-4-5-7-22(20)30-3/h4-7,10,14-17,19,21,28H,8-9,11-13H2,1-3H3,(H,25,29)/t16-,17+,19-,21-/m0/s1. The average Bonchev–Trinajstić information content (AvgIpc) is 3.34. The van der Waals surface area contributed by atoms with E-state index < -0.39 is 6.10 Å². The Bertz CT molecular complexity index is 881. The van der Waals surface area contributed by atoms with E-state index in [1.807, 2.05) is 24.3 Å². The molecule has 1 saturated heterocycles. The quantitative estimate of drug-likeness (QED) is 0.761. The van der Waals surface area contributed by atoms with Crippen LogP contribution in [0.5, 0.6) is 5.75 Å². The second kappa shape index (κ2) is 8.78. The number of likely N-dealkylation sites (tertiary alicyclic amines) is 1. The van der Waals surface area contributed by atoms with Crippen molar-refractivity contribution < 1.29 is 14.6 Å². The molecule has 1 amide bonds. The zero-order chi connectivity index (χ0) is 21.3. The van der Waals surface area contributed by atoms with Crippen LogP contribution in [-0.4, -0.2) is 64.6 Å². The van der Waals surface area contributed by atoms with Crippen LogP contribution < -0.4 is 10.1 Å². The van der Waals surface area contributed by atoms with Gasteiger partial charge in [0.05, 0.1) is 31.0 Å². The third-order valence-corrected chi connectivity index (χ3v) is 6.33. The number of hydrogen-bond donors (Lipinski definition) is 2. The van der Waals surface area contributed by atoms with E-state index in [1.165, 1.54) is 0 Å². The minimum absolute atomic E-state index is 0.198. The van der Waals surface area contributed by atoms with Gasteiger partial charge in [0.1, 0.15) is 11.4 Å². The fourth-order valence-corrected chi connectivity index (χ4v) is 4.99. The normalized spacial score (nSPS) is 26.6. The van der Waals surface area contributed by atoms with Crippen molar-refractivity contribution in [2.24, 2.45) is 17.8 Å². The number of fused-ring (bicyclic) bond motifs is 1. The van der Waals surface area contributed by atoms with Crippen LogP contribution in [0, 0.1) is 17.8 Å². The number of nitrogens with one attached hydrogen (secondary N) is 1. The first-order valence-corrected chi connectivity index (χ1v) is 10.8. The summed E-state index contributed by atoms with van der Waals surface area (Å²) in [6, 6.07) is 7.32. The smallest absolute Gasteiger partial charge is 0.254 e. The lowest BCUT2D eigenvalue weighted by atomic mass is 9.77. The molecular weight excluding hydrogens is 380 g/mol. The molecule has 1 aliphatic heterocycles. The van der Waals surface area contributed by atoms with Crippen molar-refractivity contribution in [2.75, 3.05) is 26.7 Å². The predicted molar refractivity (Wildman–Crippen MR) is 115 cm³/mol. The Kier molecular flexibility index (Phi) is 6.11. The molecule has 30 heavy (non-hydrogen) atoms. The van der Waals surface area contributed by atoms with E-state index in [4.69, 9.17) is 4.74 Å². The number of methoxy groups -OCH3 is 1. The van der Waals surface area contributed by atoms with Gasteiger partial charge in [-0.2, -0.15) is 5.10 Å². The second-order valence-corrected chi connectivity index (χ2v) is 9.10. The van der Waals surface area contributed by atoms with Gasteiger partial charge in [-0.3, -0.25) is 4.79 Å². The van der Waals surface area contributed by atoms with Crippen LogP contribution >= 0.6 is 0 Å². The monoisotopic (exact) mass is 412 g/mol. The molecule has 0 spiro atoms. The number of carbonyl (C=O) groups excluding carboxylic acids is 1. The van der Waals surface area contributed by atoms with Gasteiger partial charge in [-0.15, -0.1) is 0 Å². The van der Waals surface area contributed by atoms with Gasteiger partial charge in [-0.05, 0) is 42.7 Å². The summed E-state index contributed by atoms with van der Waals surface area (Å²) in [5.41, 5.74) is 1.25. The van der Waals surface area contributed by atoms with Gasteiger partial charge in [-0.1, -0.05) is 26.0 Å². The third-order valence-electron chi connectivity index (χ3n) is 6.33. The Morgan fingerprint density at radius 3 is 2.73 bits per heavy atom. The molecular formula is C23H32N4O3. The molecule has 7 nitrogen and oxygen atoms in total. The Labute approximate surface area is 178 Å². The summed E-state index contributed by atoms with van der Waals surface area (Å²) in [5.74, 6) is 2.20. The molecule has 2 N–H and O–H groups in total. The molecule has 2 heterocycles. The molecule has 0 unspecified atom stereocenters. The van der Waals surface area contributed by atoms with Crippen LogP contribution in [0.4, 0.5) is 0 Å². The summed E-state index contributed by atoms with van der Waals surface area (Å²) in [6.07, 6.45) is 4.33. The lowest BCUT2D eigenvalue weighted by Crippen LogP contribution is -2.49. The highest BCUT2D eigenvalue weighted by atomic mass is 16.5. The summed E-state index contributed by atoms with van der Waals surface area (Å²) < 4.78 is 7.02. The van der Waals surface area contributed by atoms with E-state index in [1.54, 1.807) is 24.2 Å². The number of aliphatic hydroxyl groups excluding tert-OH is 1. The van der Waals surface area contributed by atoms with Crippen molar-refractivity contribution in [3.63, 3.8) is 0 Å². The van der Waals surface area contributed by atoms with Crippen molar-refractivity contribution in [1.29, 1.82) is 0 Å². The summed E-state index contributed by atoms with van der Waals surface area (Å²) in [4.78, 5) is 15.4. The molecule has 1 saturated carbocycles. The zero-order valence-electron chi connectivity index (χ0n) is 18.0. The van der Waals surface area contributed by atoms with E-state index in [0.29, 0.717) is 29.1 Å². The van der Waals surface area contributed by atoms with Gasteiger partial charge in [0.2, 0.25) is 0 Å². The zero-order valence-corrected chi connectivity index (χ0v) is 18.0. The molecule has 1 aromatic heterocycles. The number of carbonyl (C=O) groups is 1. The maximum Gasteiger partial charge on any atom is 0.254 e. The number of hydrogen-bond acceptors (Lipinski definition) is 5. The largest absolute Gasteiger partial charge is 0.494 e. The molecule has 7 heteroatoms. The average molecular weight is 413 g/mol. The highest BCUT2D eigenvalue weighted by Gasteiger charge is 2.42. The highest BCUT2D eigenvalue weighted by molar-refractivity contribution is 5.94. The molecule has 1 aromatic carbocycles. The summed E-state index contributed by atoms with van der Waals surface area (Å²) in [6.45, 7) is 7.71. The first-order valence-electron chi connectivity index (χ1n) is 10.8. The van der Waals surface area contributed by atoms with Crippen LogP contribution in [0.1, 0.15) is 37.0 Å². The molecule has 4 rings (SSSR count). The van der Waals surface area contributed by atoms with Crippen molar-refractivity contribution in [3.05, 3.63) is 42.2 Å². The number of benzene rings is 1. The molecule has 2 fully saturated rings. The lowest BCUT2D eigenvalue weighted by Gasteiger charge is -2.35. The molecule has 162 valence electrons. The van der Waals surface area contributed by atoms with E-state index in [-0.39, 0.29) is 11.9 Å². The Hall–Kier alpha value is -2.38. The van der Waals surface area contributed by atoms with Gasteiger partial charge >= 0.3 is 0 Å². The number of ether oxygens (including phenoxy) is 1. The maximum atomic E-state index is 12.8.